The highest BCUT2D eigenvalue weighted by Gasteiger charge is 2.69. The molecule has 3 aliphatic rings. The number of nitrogens with zero attached hydrogens (tertiary/aromatic N) is 1. The SMILES string of the molecule is COc1ccc(C=O)cc1-c1ccc(O)c2c1C[C@@H]1C[C@@H]3[C@@H](N(C)C)C(O)C(C(N)=O)C(=O)[C@]3(O)C(=O)C1C2=O. The quantitative estimate of drug-likeness (QED) is 0.295. The molecule has 210 valence electrons. The molecule has 0 aliphatic heterocycles. The molecule has 0 radical (unpaired) electrons. The Balaban J connectivity index is 1.68. The summed E-state index contributed by atoms with van der Waals surface area (Å²) in [5.41, 5.74) is 4.38. The fraction of sp³-hybridized carbons (Fsp3) is 0.414. The van der Waals surface area contributed by atoms with Crippen LogP contribution in [-0.2, 0) is 20.8 Å². The normalized spacial score (nSPS) is 31.3. The van der Waals surface area contributed by atoms with E-state index in [0.717, 1.165) is 0 Å². The number of rotatable bonds is 5. The van der Waals surface area contributed by atoms with Crippen molar-refractivity contribution in [2.75, 3.05) is 21.2 Å². The van der Waals surface area contributed by atoms with Crippen molar-refractivity contribution in [3.63, 3.8) is 0 Å². The summed E-state index contributed by atoms with van der Waals surface area (Å²) in [5, 5.41) is 33.5. The van der Waals surface area contributed by atoms with Crippen molar-refractivity contribution >= 4 is 29.5 Å². The number of primary amides is 1. The van der Waals surface area contributed by atoms with Gasteiger partial charge in [-0.15, -0.1) is 0 Å². The number of ketones is 3. The minimum Gasteiger partial charge on any atom is -0.507 e. The molecule has 0 aromatic heterocycles. The smallest absolute Gasteiger partial charge is 0.230 e. The Morgan fingerprint density at radius 1 is 1.12 bits per heavy atom. The Kier molecular flexibility index (Phi) is 6.64. The first kappa shape index (κ1) is 27.6. The van der Waals surface area contributed by atoms with Crippen LogP contribution in [0.2, 0.25) is 0 Å². The number of aliphatic hydroxyl groups is 2. The van der Waals surface area contributed by atoms with Crippen LogP contribution in [0, 0.1) is 23.7 Å². The lowest BCUT2D eigenvalue weighted by Gasteiger charge is -2.54. The maximum Gasteiger partial charge on any atom is 0.230 e. The molecule has 7 atom stereocenters. The Bertz CT molecular complexity index is 1470. The van der Waals surface area contributed by atoms with Crippen LogP contribution in [0.25, 0.3) is 11.1 Å². The Labute approximate surface area is 229 Å². The summed E-state index contributed by atoms with van der Waals surface area (Å²) in [5.74, 6) is -9.29. The number of ether oxygens (including phenoxy) is 1. The van der Waals surface area contributed by atoms with Gasteiger partial charge in [0, 0.05) is 23.1 Å². The fourth-order valence-electron chi connectivity index (χ4n) is 7.08. The van der Waals surface area contributed by atoms with Gasteiger partial charge >= 0.3 is 0 Å². The first-order chi connectivity index (χ1) is 18.9. The average molecular weight is 551 g/mol. The number of amides is 1. The second-order valence-electron chi connectivity index (χ2n) is 11.0. The van der Waals surface area contributed by atoms with Gasteiger partial charge in [0.05, 0.1) is 24.7 Å². The van der Waals surface area contributed by atoms with Crippen LogP contribution in [-0.4, -0.2) is 88.7 Å². The number of carbonyl (C=O) groups is 5. The number of benzene rings is 2. The summed E-state index contributed by atoms with van der Waals surface area (Å²) in [4.78, 5) is 66.5. The first-order valence-corrected chi connectivity index (χ1v) is 12.9. The highest BCUT2D eigenvalue weighted by Crippen LogP contribution is 2.52. The molecule has 0 saturated heterocycles. The van der Waals surface area contributed by atoms with Crippen LogP contribution >= 0.6 is 0 Å². The van der Waals surface area contributed by atoms with Crippen LogP contribution in [0.4, 0.5) is 0 Å². The van der Waals surface area contributed by atoms with Gasteiger partial charge in [-0.05, 0) is 68.2 Å². The summed E-state index contributed by atoms with van der Waals surface area (Å²) >= 11 is 0. The first-order valence-electron chi connectivity index (χ1n) is 12.9. The third-order valence-corrected chi connectivity index (χ3v) is 8.82. The molecule has 2 aromatic rings. The lowest BCUT2D eigenvalue weighted by atomic mass is 9.52. The number of carbonyl (C=O) groups excluding carboxylic acids is 5. The minimum absolute atomic E-state index is 0.00414. The van der Waals surface area contributed by atoms with E-state index in [1.54, 1.807) is 38.4 Å². The van der Waals surface area contributed by atoms with E-state index in [0.29, 0.717) is 34.3 Å². The van der Waals surface area contributed by atoms with E-state index >= 15 is 0 Å². The highest BCUT2D eigenvalue weighted by molar-refractivity contribution is 6.25. The molecule has 5 rings (SSSR count). The number of aldehydes is 1. The maximum absolute atomic E-state index is 14.0. The van der Waals surface area contributed by atoms with Gasteiger partial charge in [0.15, 0.2) is 23.0 Å². The predicted molar refractivity (Wildman–Crippen MR) is 140 cm³/mol. The zero-order valence-corrected chi connectivity index (χ0v) is 22.2. The summed E-state index contributed by atoms with van der Waals surface area (Å²) in [6.07, 6.45) is -0.790. The molecule has 0 heterocycles. The van der Waals surface area contributed by atoms with E-state index < -0.39 is 64.7 Å². The number of hydrogen-bond donors (Lipinski definition) is 4. The van der Waals surface area contributed by atoms with Crippen LogP contribution in [0.3, 0.4) is 0 Å². The number of likely N-dealkylation sites (N-methyl/N-ethyl adjacent to an activating group) is 1. The molecular formula is C29H30N2O9. The lowest BCUT2D eigenvalue weighted by molar-refractivity contribution is -0.190. The number of fused-ring (bicyclic) bond motifs is 3. The third kappa shape index (κ3) is 3.72. The van der Waals surface area contributed by atoms with E-state index in [-0.39, 0.29) is 24.2 Å². The van der Waals surface area contributed by atoms with Gasteiger partial charge in [-0.25, -0.2) is 0 Å². The fourth-order valence-corrected chi connectivity index (χ4v) is 7.08. The van der Waals surface area contributed by atoms with Crippen molar-refractivity contribution in [2.24, 2.45) is 29.4 Å². The monoisotopic (exact) mass is 550 g/mol. The molecule has 3 aliphatic carbocycles. The number of aliphatic hydroxyl groups excluding tert-OH is 1. The van der Waals surface area contributed by atoms with Crippen LogP contribution < -0.4 is 10.5 Å². The minimum atomic E-state index is -2.73. The molecule has 2 fully saturated rings. The molecule has 40 heavy (non-hydrogen) atoms. The molecule has 11 heteroatoms. The second-order valence-corrected chi connectivity index (χ2v) is 11.0. The Morgan fingerprint density at radius 2 is 1.82 bits per heavy atom. The van der Waals surface area contributed by atoms with Gasteiger partial charge in [-0.1, -0.05) is 6.07 Å². The molecule has 11 nitrogen and oxygen atoms in total. The zero-order valence-electron chi connectivity index (χ0n) is 22.2. The van der Waals surface area contributed by atoms with Gasteiger partial charge in [-0.3, -0.25) is 24.0 Å². The van der Waals surface area contributed by atoms with Gasteiger partial charge in [0.1, 0.15) is 23.7 Å². The van der Waals surface area contributed by atoms with E-state index in [9.17, 15) is 39.3 Å². The number of phenolic OH excluding ortho intramolecular Hbond substituents is 1. The van der Waals surface area contributed by atoms with Crippen molar-refractivity contribution in [3.05, 3.63) is 47.0 Å². The van der Waals surface area contributed by atoms with Crippen molar-refractivity contribution in [3.8, 4) is 22.6 Å². The molecule has 1 amide bonds. The highest BCUT2D eigenvalue weighted by atomic mass is 16.5. The topological polar surface area (TPSA) is 185 Å². The number of aromatic hydroxyl groups is 1. The van der Waals surface area contributed by atoms with Crippen LogP contribution in [0.1, 0.15) is 32.7 Å². The van der Waals surface area contributed by atoms with Crippen LogP contribution in [0.15, 0.2) is 30.3 Å². The average Bonchev–Trinajstić information content (AvgIpc) is 2.90. The van der Waals surface area contributed by atoms with Gasteiger partial charge in [0.2, 0.25) is 5.91 Å². The van der Waals surface area contributed by atoms with Gasteiger partial charge < -0.3 is 30.7 Å². The molecule has 5 N–H and O–H groups in total. The van der Waals surface area contributed by atoms with E-state index in [4.69, 9.17) is 10.5 Å². The standard InChI is InChI=1S/C29H30N2O9/c1-31(2)23-17-10-13-9-16-14(15-8-12(11-32)4-7-19(15)40-3)5-6-18(33)21(16)24(34)20(13)26(36)29(17,39)27(37)22(25(23)35)28(30)38/h4-8,11,13,17,20,22-23,25,33,35,39H,9-10H2,1-3H3,(H2,30,38)/t13-,17-,20?,22?,23-,25?,29-/m1/s1. The van der Waals surface area contributed by atoms with Crippen molar-refractivity contribution in [1.29, 1.82) is 0 Å². The second kappa shape index (κ2) is 9.61. The predicted octanol–water partition coefficient (Wildman–Crippen LogP) is 0.147. The summed E-state index contributed by atoms with van der Waals surface area (Å²) < 4.78 is 5.49. The molecule has 0 spiro atoms. The molecule has 0 bridgehead atoms. The van der Waals surface area contributed by atoms with Gasteiger partial charge in [0.25, 0.3) is 0 Å². The van der Waals surface area contributed by atoms with E-state index in [1.165, 1.54) is 18.1 Å². The maximum atomic E-state index is 14.0. The molecule has 2 aromatic carbocycles. The van der Waals surface area contributed by atoms with E-state index in [1.807, 2.05) is 0 Å². The molecule has 2 saturated carbocycles. The number of nitrogens with two attached hydrogens (primary N) is 1. The number of hydrogen-bond acceptors (Lipinski definition) is 10. The zero-order chi connectivity index (χ0) is 29.3. The number of Topliss-reactive ketones (excluding diaryl/α,β-unsaturated/α-hetero) is 3. The summed E-state index contributed by atoms with van der Waals surface area (Å²) in [6, 6.07) is 6.70. The van der Waals surface area contributed by atoms with Gasteiger partial charge in [-0.2, -0.15) is 0 Å². The third-order valence-electron chi connectivity index (χ3n) is 8.82. The lowest BCUT2D eigenvalue weighted by Crippen LogP contribution is -2.75. The largest absolute Gasteiger partial charge is 0.507 e. The summed E-state index contributed by atoms with van der Waals surface area (Å²) in [6.45, 7) is 0. The van der Waals surface area contributed by atoms with Crippen molar-refractivity contribution in [1.82, 2.24) is 4.90 Å². The summed E-state index contributed by atoms with van der Waals surface area (Å²) in [7, 11) is 4.63. The molecular weight excluding hydrogens is 520 g/mol. The molecule has 3 unspecified atom stereocenters. The number of methoxy groups -OCH3 is 1. The Morgan fingerprint density at radius 3 is 2.42 bits per heavy atom. The van der Waals surface area contributed by atoms with Crippen molar-refractivity contribution in [2.45, 2.75) is 30.6 Å². The van der Waals surface area contributed by atoms with Crippen molar-refractivity contribution < 1.29 is 44.0 Å². The number of phenols is 1. The van der Waals surface area contributed by atoms with E-state index in [2.05, 4.69) is 0 Å². The van der Waals surface area contributed by atoms with Crippen LogP contribution in [0.5, 0.6) is 11.5 Å². The Hall–Kier alpha value is -3.93.